The molecule has 2 bridgehead atoms. The van der Waals surface area contributed by atoms with Crippen molar-refractivity contribution in [1.29, 1.82) is 0 Å². The summed E-state index contributed by atoms with van der Waals surface area (Å²) in [6.45, 7) is 21.7. The number of aliphatic hydroxyl groups excluding tert-OH is 2. The number of carbonyl (C=O) groups is 1. The van der Waals surface area contributed by atoms with Gasteiger partial charge in [-0.25, -0.2) is 5.92 Å². The number of hydrogen-bond donors (Lipinski definition) is 3. The van der Waals surface area contributed by atoms with E-state index >= 15 is 0 Å². The van der Waals surface area contributed by atoms with E-state index in [1.165, 1.54) is 0 Å². The molecule has 3 rings (SSSR count). The third-order valence-electron chi connectivity index (χ3n) is 10.8. The Morgan fingerprint density at radius 1 is 1.07 bits per heavy atom. The van der Waals surface area contributed by atoms with E-state index in [0.717, 1.165) is 0 Å². The Hall–Kier alpha value is -0.136. The molecule has 259 valence electrons. The molecule has 0 aromatic carbocycles. The first kappa shape index (κ1) is 41.0. The molecule has 3 N–H and O–H groups in total. The number of fused-ring (bicyclic) bond motifs is 5. The van der Waals surface area contributed by atoms with E-state index in [9.17, 15) is 20.1 Å². The minimum Gasteiger partial charge on any atom is -0.482 e. The predicted octanol–water partition coefficient (Wildman–Crippen LogP) is 3.50. The van der Waals surface area contributed by atoms with Gasteiger partial charge in [0.15, 0.2) is 12.3 Å². The van der Waals surface area contributed by atoms with Crippen LogP contribution in [0.25, 0.3) is 0 Å². The number of esters is 1. The van der Waals surface area contributed by atoms with E-state index in [0.29, 0.717) is 24.8 Å². The van der Waals surface area contributed by atoms with Gasteiger partial charge in [-0.3, -0.25) is 4.79 Å². The zero-order valence-corrected chi connectivity index (χ0v) is 32.3. The Morgan fingerprint density at radius 2 is 1.69 bits per heavy atom. The fourth-order valence-electron chi connectivity index (χ4n) is 7.57. The Labute approximate surface area is 296 Å². The van der Waals surface area contributed by atoms with Crippen molar-refractivity contribution in [3.05, 3.63) is 18.1 Å². The summed E-state index contributed by atoms with van der Waals surface area (Å²) >= 11 is 0. The second kappa shape index (κ2) is 16.5. The molecule has 3 aliphatic rings. The van der Waals surface area contributed by atoms with Gasteiger partial charge in [0.2, 0.25) is 0 Å². The van der Waals surface area contributed by atoms with Gasteiger partial charge in [0.25, 0.3) is 0 Å². The molecule has 14 atom stereocenters. The van der Waals surface area contributed by atoms with Crippen molar-refractivity contribution in [3.8, 4) is 0 Å². The van der Waals surface area contributed by atoms with Gasteiger partial charge in [-0.05, 0) is 89.5 Å². The van der Waals surface area contributed by atoms with Gasteiger partial charge in [0.05, 0.1) is 37.1 Å². The van der Waals surface area contributed by atoms with E-state index < -0.39 is 59.9 Å². The molecule has 1 unspecified atom stereocenters. The average Bonchev–Trinajstić information content (AvgIpc) is 2.97. The zero-order chi connectivity index (χ0) is 33.3. The average molecular weight is 716 g/mol. The molecule has 1 radical (unpaired) electrons. The van der Waals surface area contributed by atoms with Crippen molar-refractivity contribution in [2.45, 2.75) is 142 Å². The Kier molecular flexibility index (Phi) is 15.1. The molecule has 3 heterocycles. The van der Waals surface area contributed by atoms with Crippen molar-refractivity contribution in [2.24, 2.45) is 23.7 Å². The third-order valence-corrected chi connectivity index (χ3v) is 10.8. The van der Waals surface area contributed by atoms with Crippen LogP contribution in [0.2, 0.25) is 0 Å². The maximum atomic E-state index is 13.5. The second-order valence-corrected chi connectivity index (χ2v) is 14.6. The van der Waals surface area contributed by atoms with Gasteiger partial charge in [0.1, 0.15) is 17.8 Å². The molecule has 0 aliphatic carbocycles. The quantitative estimate of drug-likeness (QED) is 0.226. The zero-order valence-electron chi connectivity index (χ0n) is 29.5. The van der Waals surface area contributed by atoms with Crippen LogP contribution in [0.3, 0.4) is 0 Å². The van der Waals surface area contributed by atoms with Crippen molar-refractivity contribution < 1.29 is 76.5 Å². The van der Waals surface area contributed by atoms with E-state index in [-0.39, 0.29) is 81.7 Å². The molecule has 10 nitrogen and oxygen atoms in total. The molecule has 11 heteroatoms. The van der Waals surface area contributed by atoms with Gasteiger partial charge >= 0.3 is 0 Å². The molecule has 3 fully saturated rings. The molecule has 3 saturated heterocycles. The number of nitrogens with zero attached hydrogens (tertiary/aromatic N) is 1. The van der Waals surface area contributed by atoms with E-state index in [1.807, 2.05) is 46.7 Å². The van der Waals surface area contributed by atoms with E-state index in [1.54, 1.807) is 13.8 Å². The molecule has 0 spiro atoms. The Balaban J connectivity index is 0.00000705. The first-order valence-corrected chi connectivity index (χ1v) is 16.4. The van der Waals surface area contributed by atoms with Crippen LogP contribution < -0.4 is 0 Å². The monoisotopic (exact) mass is 715 g/mol. The summed E-state index contributed by atoms with van der Waals surface area (Å²) in [5, 5.41) is 35.1. The first-order valence-electron chi connectivity index (χ1n) is 16.4. The number of rotatable bonds is 4. The summed E-state index contributed by atoms with van der Waals surface area (Å²) in [5.41, 5.74) is -1.84. The minimum absolute atomic E-state index is 0. The SMILES string of the molecule is C=C1COC2[C@@H](C)[C@@H](C)[C@H](C)C[C@@](C)(OC1)[C@H](O[C@@H]1O[C@H](C)C[C@H](N(C)C)[C@H]1O)[C@@H](C)[C@H](O)[C-](C)C(=O)O[C@H](CC)[C@@]2(C)O.[Y]. The molecular weight excluding hydrogens is 655 g/mol. The van der Waals surface area contributed by atoms with Gasteiger partial charge in [-0.2, -0.15) is 6.92 Å². The molecular formula is C34H60NO9Y-. The van der Waals surface area contributed by atoms with Crippen LogP contribution in [0.4, 0.5) is 0 Å². The number of ether oxygens (including phenoxy) is 5. The fourth-order valence-corrected chi connectivity index (χ4v) is 7.57. The van der Waals surface area contributed by atoms with Crippen LogP contribution in [-0.4, -0.2) is 114 Å². The fraction of sp³-hybridized carbons (Fsp3) is 0.882. The predicted molar refractivity (Wildman–Crippen MR) is 168 cm³/mol. The van der Waals surface area contributed by atoms with Gasteiger partial charge in [-0.1, -0.05) is 41.2 Å². The number of aliphatic hydroxyl groups is 3. The molecule has 3 aliphatic heterocycles. The van der Waals surface area contributed by atoms with Crippen LogP contribution >= 0.6 is 0 Å². The van der Waals surface area contributed by atoms with E-state index in [2.05, 4.69) is 27.4 Å². The normalized spacial score (nSPS) is 46.0. The molecule has 0 aromatic heterocycles. The largest absolute Gasteiger partial charge is 0.482 e. The van der Waals surface area contributed by atoms with Crippen LogP contribution in [-0.2, 0) is 61.2 Å². The Morgan fingerprint density at radius 3 is 2.27 bits per heavy atom. The second-order valence-electron chi connectivity index (χ2n) is 14.6. The summed E-state index contributed by atoms with van der Waals surface area (Å²) in [5.74, 6) is -1.32. The number of carbonyl (C=O) groups excluding carboxylic acids is 1. The van der Waals surface area contributed by atoms with Crippen LogP contribution in [0.5, 0.6) is 0 Å². The Bertz CT molecular complexity index is 981. The van der Waals surface area contributed by atoms with Crippen molar-refractivity contribution >= 4 is 5.97 Å². The maximum Gasteiger partial charge on any atom is 0.185 e. The van der Waals surface area contributed by atoms with Crippen molar-refractivity contribution in [1.82, 2.24) is 4.90 Å². The summed E-state index contributed by atoms with van der Waals surface area (Å²) in [6.07, 6.45) is -4.23. The summed E-state index contributed by atoms with van der Waals surface area (Å²) in [7, 11) is 3.84. The van der Waals surface area contributed by atoms with Crippen LogP contribution in [0, 0.1) is 29.6 Å². The molecule has 45 heavy (non-hydrogen) atoms. The van der Waals surface area contributed by atoms with Gasteiger partial charge in [0, 0.05) is 38.8 Å². The first-order chi connectivity index (χ1) is 20.3. The van der Waals surface area contributed by atoms with Crippen LogP contribution in [0.15, 0.2) is 12.2 Å². The smallest absolute Gasteiger partial charge is 0.185 e. The maximum absolute atomic E-state index is 13.5. The summed E-state index contributed by atoms with van der Waals surface area (Å²) in [6, 6.07) is -0.195. The summed E-state index contributed by atoms with van der Waals surface area (Å²) in [4.78, 5) is 15.5. The molecule has 0 amide bonds. The topological polar surface area (TPSA) is 127 Å². The molecule has 0 aromatic rings. The third kappa shape index (κ3) is 9.11. The number of cyclic esters (lactones) is 1. The van der Waals surface area contributed by atoms with Gasteiger partial charge < -0.3 is 43.9 Å². The van der Waals surface area contributed by atoms with Crippen LogP contribution in [0.1, 0.15) is 81.6 Å². The van der Waals surface area contributed by atoms with Gasteiger partial charge in [-0.15, -0.1) is 0 Å². The number of likely N-dealkylation sites (N-methyl/N-ethyl adjacent to an activating group) is 1. The van der Waals surface area contributed by atoms with E-state index in [4.69, 9.17) is 23.7 Å². The minimum atomic E-state index is -1.52. The summed E-state index contributed by atoms with van der Waals surface area (Å²) < 4.78 is 32.0. The standard InChI is InChI=1S/C34H60NO9.Y/c1-13-26-34(10,39)30-22(6)21(5)19(3)15-33(9,41-17-18(2)16-40-30)29(23(7)27(36)24(8)31(38)43-26)44-32-28(37)25(35(11)12)14-20(4)42-32;/h19-23,25-30,32,36-37,39H,2,13-17H2,1,3-12H3;/q-1;/t19-,20-,21+,22+,23+,25+,26-,27+,28-,29-,30?,32+,33-,34-;/m1./s1. The number of hydrogen-bond acceptors (Lipinski definition) is 10. The van der Waals surface area contributed by atoms with Crippen molar-refractivity contribution in [3.63, 3.8) is 0 Å². The van der Waals surface area contributed by atoms with Crippen molar-refractivity contribution in [2.75, 3.05) is 27.3 Å². The molecule has 0 saturated carbocycles.